The number of esters is 1. The maximum absolute atomic E-state index is 13.6. The fraction of sp³-hybridized carbons (Fsp3) is 0.423. The molecule has 0 aromatic heterocycles. The van der Waals surface area contributed by atoms with Gasteiger partial charge in [-0.2, -0.15) is 0 Å². The van der Waals surface area contributed by atoms with E-state index in [0.29, 0.717) is 0 Å². The van der Waals surface area contributed by atoms with Gasteiger partial charge in [-0.3, -0.25) is 14.5 Å². The number of nitrogens with zero attached hydrogens (tertiary/aromatic N) is 1. The third-order valence-electron chi connectivity index (χ3n) is 6.95. The normalized spacial score (nSPS) is 16.9. The second-order valence-electron chi connectivity index (χ2n) is 10.2. The van der Waals surface area contributed by atoms with Crippen LogP contribution in [0, 0.1) is 0 Å². The minimum absolute atomic E-state index is 0.0330. The number of rotatable bonds is 7. The summed E-state index contributed by atoms with van der Waals surface area (Å²) >= 11 is 0. The zero-order chi connectivity index (χ0) is 24.6. The van der Waals surface area contributed by atoms with Crippen molar-refractivity contribution in [3.8, 4) is 0 Å². The van der Waals surface area contributed by atoms with Crippen LogP contribution in [0.3, 0.4) is 0 Å². The average Bonchev–Trinajstić information content (AvgIpc) is 3.01. The number of imide groups is 1. The minimum atomic E-state index is -2.34. The first-order valence-electron chi connectivity index (χ1n) is 11.2. The maximum Gasteiger partial charge on any atom is 0.335 e. The van der Waals surface area contributed by atoms with Gasteiger partial charge in [0.2, 0.25) is 0 Å². The highest BCUT2D eigenvalue weighted by Crippen LogP contribution is 2.41. The molecule has 0 N–H and O–H groups in total. The average molecular weight is 468 g/mol. The van der Waals surface area contributed by atoms with E-state index in [1.807, 2.05) is 30.3 Å². The standard InChI is InChI=1S/C26H33NO5Si/c1-18(32-33(6,7)25(2,3)4)26(5,24(30)31-17-19-13-9-8-10-14-19)27-22(28)20-15-11-12-16-21(20)23(27)29/h8-16,18H,17H2,1-7H3/t18-,26+/m1/s1. The highest BCUT2D eigenvalue weighted by Gasteiger charge is 2.57. The predicted octanol–water partition coefficient (Wildman–Crippen LogP) is 5.20. The molecular formula is C26H33NO5Si. The van der Waals surface area contributed by atoms with E-state index in [1.165, 1.54) is 0 Å². The smallest absolute Gasteiger partial charge is 0.335 e. The molecule has 1 aliphatic heterocycles. The van der Waals surface area contributed by atoms with Gasteiger partial charge >= 0.3 is 5.97 Å². The fourth-order valence-electron chi connectivity index (χ4n) is 3.65. The summed E-state index contributed by atoms with van der Waals surface area (Å²) in [5, 5.41) is -0.127. The van der Waals surface area contributed by atoms with Crippen LogP contribution in [0.5, 0.6) is 0 Å². The summed E-state index contributed by atoms with van der Waals surface area (Å²) in [7, 11) is -2.34. The summed E-state index contributed by atoms with van der Waals surface area (Å²) in [5.74, 6) is -1.70. The van der Waals surface area contributed by atoms with Crippen molar-refractivity contribution in [2.75, 3.05) is 0 Å². The molecule has 0 bridgehead atoms. The molecule has 0 unspecified atom stereocenters. The van der Waals surface area contributed by atoms with Crippen molar-refractivity contribution in [1.29, 1.82) is 0 Å². The van der Waals surface area contributed by atoms with E-state index in [4.69, 9.17) is 9.16 Å². The number of benzene rings is 2. The molecule has 3 rings (SSSR count). The second kappa shape index (κ2) is 8.87. The topological polar surface area (TPSA) is 72.9 Å². The van der Waals surface area contributed by atoms with Crippen molar-refractivity contribution in [2.24, 2.45) is 0 Å². The summed E-state index contributed by atoms with van der Waals surface area (Å²) in [6.07, 6.45) is -0.774. The molecule has 2 amide bonds. The van der Waals surface area contributed by atoms with Gasteiger partial charge in [0, 0.05) is 0 Å². The molecule has 0 radical (unpaired) electrons. The van der Waals surface area contributed by atoms with Gasteiger partial charge in [0.1, 0.15) is 6.61 Å². The lowest BCUT2D eigenvalue weighted by atomic mass is 9.93. The zero-order valence-electron chi connectivity index (χ0n) is 20.5. The Morgan fingerprint density at radius 1 is 0.909 bits per heavy atom. The number of hydrogen-bond donors (Lipinski definition) is 0. The SMILES string of the molecule is C[C@@H](O[Si](C)(C)C(C)(C)C)[C@@](C)(C(=O)OCc1ccccc1)N1C(=O)c2ccccc2C1=O. The van der Waals surface area contributed by atoms with E-state index >= 15 is 0 Å². The van der Waals surface area contributed by atoms with Gasteiger partial charge in [-0.1, -0.05) is 63.2 Å². The van der Waals surface area contributed by atoms with Crippen LogP contribution in [0.4, 0.5) is 0 Å². The molecule has 0 spiro atoms. The zero-order valence-corrected chi connectivity index (χ0v) is 21.5. The summed E-state index contributed by atoms with van der Waals surface area (Å²) < 4.78 is 12.2. The molecule has 7 heteroatoms. The molecule has 6 nitrogen and oxygen atoms in total. The van der Waals surface area contributed by atoms with Crippen LogP contribution >= 0.6 is 0 Å². The molecule has 0 fully saturated rings. The number of ether oxygens (including phenoxy) is 1. The van der Waals surface area contributed by atoms with E-state index in [9.17, 15) is 14.4 Å². The number of hydrogen-bond acceptors (Lipinski definition) is 5. The van der Waals surface area contributed by atoms with Crippen LogP contribution in [0.25, 0.3) is 0 Å². The Morgan fingerprint density at radius 2 is 1.39 bits per heavy atom. The lowest BCUT2D eigenvalue weighted by Gasteiger charge is -2.45. The number of carbonyl (C=O) groups excluding carboxylic acids is 3. The van der Waals surface area contributed by atoms with Crippen LogP contribution in [-0.2, 0) is 20.6 Å². The number of fused-ring (bicyclic) bond motifs is 1. The molecule has 1 heterocycles. The molecule has 2 aromatic carbocycles. The molecule has 176 valence electrons. The fourth-order valence-corrected chi connectivity index (χ4v) is 5.12. The molecular weight excluding hydrogens is 434 g/mol. The predicted molar refractivity (Wildman–Crippen MR) is 129 cm³/mol. The van der Waals surface area contributed by atoms with E-state index < -0.39 is 37.7 Å². The van der Waals surface area contributed by atoms with Crippen molar-refractivity contribution in [1.82, 2.24) is 4.90 Å². The number of carbonyl (C=O) groups is 3. The van der Waals surface area contributed by atoms with Gasteiger partial charge in [0.15, 0.2) is 13.9 Å². The van der Waals surface area contributed by atoms with Crippen LogP contribution < -0.4 is 0 Å². The summed E-state index contributed by atoms with van der Waals surface area (Å²) in [6, 6.07) is 15.9. The molecule has 0 saturated carbocycles. The Hall–Kier alpha value is -2.77. The Bertz CT molecular complexity index is 1020. The second-order valence-corrected chi connectivity index (χ2v) is 15.0. The Kier molecular flexibility index (Phi) is 6.69. The first-order valence-corrected chi connectivity index (χ1v) is 14.1. The molecule has 33 heavy (non-hydrogen) atoms. The van der Waals surface area contributed by atoms with Crippen molar-refractivity contribution < 1.29 is 23.5 Å². The first-order chi connectivity index (χ1) is 15.3. The van der Waals surface area contributed by atoms with Gasteiger partial charge in [0.25, 0.3) is 11.8 Å². The molecule has 0 saturated heterocycles. The van der Waals surface area contributed by atoms with Crippen LogP contribution in [-0.4, -0.2) is 42.6 Å². The third-order valence-corrected chi connectivity index (χ3v) is 11.5. The molecule has 2 aromatic rings. The van der Waals surface area contributed by atoms with Crippen molar-refractivity contribution >= 4 is 26.1 Å². The van der Waals surface area contributed by atoms with E-state index in [-0.39, 0.29) is 22.8 Å². The molecule has 2 atom stereocenters. The monoisotopic (exact) mass is 467 g/mol. The van der Waals surface area contributed by atoms with Gasteiger partial charge in [0.05, 0.1) is 17.2 Å². The minimum Gasteiger partial charge on any atom is -0.459 e. The van der Waals surface area contributed by atoms with Crippen molar-refractivity contribution in [3.63, 3.8) is 0 Å². The lowest BCUT2D eigenvalue weighted by molar-refractivity contribution is -0.161. The Balaban J connectivity index is 2.00. The Labute approximate surface area is 197 Å². The molecule has 0 aliphatic carbocycles. The van der Waals surface area contributed by atoms with Gasteiger partial charge in [-0.25, -0.2) is 4.79 Å². The first kappa shape index (κ1) is 24.9. The van der Waals surface area contributed by atoms with E-state index in [2.05, 4.69) is 33.9 Å². The van der Waals surface area contributed by atoms with Gasteiger partial charge < -0.3 is 9.16 Å². The van der Waals surface area contributed by atoms with E-state index in [1.54, 1.807) is 38.1 Å². The summed E-state index contributed by atoms with van der Waals surface area (Å²) in [6.45, 7) is 13.8. The largest absolute Gasteiger partial charge is 0.459 e. The maximum atomic E-state index is 13.6. The highest BCUT2D eigenvalue weighted by atomic mass is 28.4. The Morgan fingerprint density at radius 3 is 1.88 bits per heavy atom. The van der Waals surface area contributed by atoms with Crippen LogP contribution in [0.2, 0.25) is 18.1 Å². The van der Waals surface area contributed by atoms with Crippen molar-refractivity contribution in [3.05, 3.63) is 71.3 Å². The van der Waals surface area contributed by atoms with Crippen LogP contribution in [0.15, 0.2) is 54.6 Å². The van der Waals surface area contributed by atoms with Crippen LogP contribution in [0.1, 0.15) is 60.9 Å². The highest BCUT2D eigenvalue weighted by molar-refractivity contribution is 6.74. The quantitative estimate of drug-likeness (QED) is 0.318. The van der Waals surface area contributed by atoms with Crippen molar-refractivity contribution in [2.45, 2.75) is 71.0 Å². The summed E-state index contributed by atoms with van der Waals surface area (Å²) in [4.78, 5) is 41.3. The van der Waals surface area contributed by atoms with Gasteiger partial charge in [-0.15, -0.1) is 0 Å². The van der Waals surface area contributed by atoms with Gasteiger partial charge in [-0.05, 0) is 49.7 Å². The third kappa shape index (κ3) is 4.52. The van der Waals surface area contributed by atoms with E-state index in [0.717, 1.165) is 10.5 Å². The number of amides is 2. The molecule has 1 aliphatic rings. The summed E-state index contributed by atoms with van der Waals surface area (Å²) in [5.41, 5.74) is -0.265. The lowest BCUT2D eigenvalue weighted by Crippen LogP contribution is -2.64.